The molecule has 1 fully saturated rings. The summed E-state index contributed by atoms with van der Waals surface area (Å²) in [4.78, 5) is 27.1. The number of nitrogens with zero attached hydrogens (tertiary/aromatic N) is 2. The van der Waals surface area contributed by atoms with E-state index in [1.165, 1.54) is 0 Å². The Morgan fingerprint density at radius 3 is 2.40 bits per heavy atom. The molecule has 1 aliphatic rings. The molecule has 6 nitrogen and oxygen atoms in total. The normalized spacial score (nSPS) is 24.2. The highest BCUT2D eigenvalue weighted by molar-refractivity contribution is 5.79. The monoisotopic (exact) mass is 285 g/mol. The maximum absolute atomic E-state index is 12.3. The van der Waals surface area contributed by atoms with Gasteiger partial charge in [0.15, 0.2) is 0 Å². The highest BCUT2D eigenvalue weighted by atomic mass is 16.4. The van der Waals surface area contributed by atoms with Crippen LogP contribution in [0.5, 0.6) is 0 Å². The summed E-state index contributed by atoms with van der Waals surface area (Å²) in [6.07, 6.45) is 0.510. The van der Waals surface area contributed by atoms with Crippen molar-refractivity contribution in [1.82, 2.24) is 15.1 Å². The van der Waals surface area contributed by atoms with Crippen LogP contribution in [0.25, 0.3) is 0 Å². The number of nitrogens with one attached hydrogen (secondary N) is 1. The van der Waals surface area contributed by atoms with Gasteiger partial charge in [0.05, 0.1) is 5.41 Å². The first-order valence-electron chi connectivity index (χ1n) is 7.09. The fourth-order valence-electron chi connectivity index (χ4n) is 2.38. The van der Waals surface area contributed by atoms with Crippen LogP contribution in [0.4, 0.5) is 4.79 Å². The van der Waals surface area contributed by atoms with Crippen molar-refractivity contribution in [1.29, 1.82) is 0 Å². The molecule has 2 unspecified atom stereocenters. The minimum absolute atomic E-state index is 0.0641. The van der Waals surface area contributed by atoms with Crippen molar-refractivity contribution in [2.45, 2.75) is 33.2 Å². The summed E-state index contributed by atoms with van der Waals surface area (Å²) in [5.41, 5.74) is -0.813. The first kappa shape index (κ1) is 16.8. The zero-order valence-electron chi connectivity index (χ0n) is 13.1. The summed E-state index contributed by atoms with van der Waals surface area (Å²) in [5.74, 6) is -0.503. The Balaban J connectivity index is 2.60. The SMILES string of the molecule is CC(C)C(CN(C)C)NC(=O)N1CCC(C)(C(=O)O)C1. The summed E-state index contributed by atoms with van der Waals surface area (Å²) in [6.45, 7) is 7.39. The third-order valence-corrected chi connectivity index (χ3v) is 3.95. The Hall–Kier alpha value is -1.30. The second-order valence-corrected chi connectivity index (χ2v) is 6.60. The Morgan fingerprint density at radius 1 is 1.40 bits per heavy atom. The second kappa shape index (κ2) is 6.43. The van der Waals surface area contributed by atoms with Crippen molar-refractivity contribution >= 4 is 12.0 Å². The average molecular weight is 285 g/mol. The van der Waals surface area contributed by atoms with Gasteiger partial charge in [-0.2, -0.15) is 0 Å². The van der Waals surface area contributed by atoms with Crippen LogP contribution in [0.1, 0.15) is 27.2 Å². The van der Waals surface area contributed by atoms with Crippen LogP contribution in [-0.4, -0.2) is 66.7 Å². The number of carboxylic acid groups (broad SMARTS) is 1. The molecule has 0 aromatic carbocycles. The predicted molar refractivity (Wildman–Crippen MR) is 77.6 cm³/mol. The molecule has 2 atom stereocenters. The Labute approximate surface area is 121 Å². The molecule has 0 radical (unpaired) electrons. The number of hydrogen-bond acceptors (Lipinski definition) is 3. The van der Waals surface area contributed by atoms with Gasteiger partial charge in [-0.15, -0.1) is 0 Å². The Bertz CT molecular complexity index is 371. The molecule has 20 heavy (non-hydrogen) atoms. The molecule has 0 aromatic heterocycles. The van der Waals surface area contributed by atoms with Crippen molar-refractivity contribution in [2.24, 2.45) is 11.3 Å². The van der Waals surface area contributed by atoms with Crippen LogP contribution >= 0.6 is 0 Å². The van der Waals surface area contributed by atoms with Crippen molar-refractivity contribution in [2.75, 3.05) is 33.7 Å². The first-order chi connectivity index (χ1) is 9.15. The van der Waals surface area contributed by atoms with Gasteiger partial charge in [0.25, 0.3) is 0 Å². The zero-order chi connectivity index (χ0) is 15.5. The number of amides is 2. The molecule has 1 aliphatic heterocycles. The average Bonchev–Trinajstić information content (AvgIpc) is 2.71. The summed E-state index contributed by atoms with van der Waals surface area (Å²) < 4.78 is 0. The molecule has 0 aliphatic carbocycles. The molecular formula is C14H27N3O3. The van der Waals surface area contributed by atoms with E-state index in [9.17, 15) is 14.7 Å². The number of likely N-dealkylation sites (N-methyl/N-ethyl adjacent to an activating group) is 1. The standard InChI is InChI=1S/C14H27N3O3/c1-10(2)11(8-16(4)5)15-13(20)17-7-6-14(3,9-17)12(18)19/h10-11H,6-9H2,1-5H3,(H,15,20)(H,18,19). The lowest BCUT2D eigenvalue weighted by atomic mass is 9.90. The minimum Gasteiger partial charge on any atom is -0.481 e. The second-order valence-electron chi connectivity index (χ2n) is 6.60. The molecule has 2 amide bonds. The number of urea groups is 1. The number of carbonyl (C=O) groups excluding carboxylic acids is 1. The molecule has 116 valence electrons. The van der Waals surface area contributed by atoms with Gasteiger partial charge < -0.3 is 20.2 Å². The fourth-order valence-corrected chi connectivity index (χ4v) is 2.38. The van der Waals surface area contributed by atoms with E-state index in [1.807, 2.05) is 19.0 Å². The highest BCUT2D eigenvalue weighted by Crippen LogP contribution is 2.30. The maximum atomic E-state index is 12.3. The molecule has 6 heteroatoms. The number of hydrogen-bond donors (Lipinski definition) is 2. The molecule has 0 saturated carbocycles. The van der Waals surface area contributed by atoms with Crippen LogP contribution in [0.15, 0.2) is 0 Å². The lowest BCUT2D eigenvalue weighted by Gasteiger charge is -2.28. The van der Waals surface area contributed by atoms with E-state index >= 15 is 0 Å². The molecule has 1 saturated heterocycles. The van der Waals surface area contributed by atoms with Gasteiger partial charge >= 0.3 is 12.0 Å². The van der Waals surface area contributed by atoms with E-state index in [4.69, 9.17) is 0 Å². The van der Waals surface area contributed by atoms with Crippen molar-refractivity contribution in [3.05, 3.63) is 0 Å². The number of carboxylic acids is 1. The van der Waals surface area contributed by atoms with E-state index < -0.39 is 11.4 Å². The van der Waals surface area contributed by atoms with Crippen LogP contribution in [0.3, 0.4) is 0 Å². The van der Waals surface area contributed by atoms with Crippen molar-refractivity contribution < 1.29 is 14.7 Å². The largest absolute Gasteiger partial charge is 0.481 e. The number of likely N-dealkylation sites (tertiary alicyclic amines) is 1. The smallest absolute Gasteiger partial charge is 0.317 e. The van der Waals surface area contributed by atoms with Gasteiger partial charge in [-0.3, -0.25) is 4.79 Å². The van der Waals surface area contributed by atoms with Gasteiger partial charge in [0.2, 0.25) is 0 Å². The number of carbonyl (C=O) groups is 2. The van der Waals surface area contributed by atoms with Crippen molar-refractivity contribution in [3.8, 4) is 0 Å². The van der Waals surface area contributed by atoms with Crippen LogP contribution in [-0.2, 0) is 4.79 Å². The third kappa shape index (κ3) is 4.10. The van der Waals surface area contributed by atoms with E-state index in [0.29, 0.717) is 18.9 Å². The van der Waals surface area contributed by atoms with Gasteiger partial charge in [-0.25, -0.2) is 4.79 Å². The molecule has 2 N–H and O–H groups in total. The molecular weight excluding hydrogens is 258 g/mol. The number of rotatable bonds is 5. The molecule has 1 heterocycles. The summed E-state index contributed by atoms with van der Waals surface area (Å²) in [7, 11) is 3.94. The van der Waals surface area contributed by atoms with Crippen LogP contribution in [0, 0.1) is 11.3 Å². The quantitative estimate of drug-likeness (QED) is 0.793. The molecule has 0 spiro atoms. The topological polar surface area (TPSA) is 72.9 Å². The van der Waals surface area contributed by atoms with E-state index in [2.05, 4.69) is 19.2 Å². The zero-order valence-corrected chi connectivity index (χ0v) is 13.1. The number of aliphatic carboxylic acids is 1. The van der Waals surface area contributed by atoms with E-state index in [-0.39, 0.29) is 18.6 Å². The van der Waals surface area contributed by atoms with Gasteiger partial charge in [0, 0.05) is 25.7 Å². The maximum Gasteiger partial charge on any atom is 0.317 e. The van der Waals surface area contributed by atoms with Gasteiger partial charge in [-0.05, 0) is 33.4 Å². The lowest BCUT2D eigenvalue weighted by molar-refractivity contribution is -0.147. The van der Waals surface area contributed by atoms with Crippen LogP contribution in [0.2, 0.25) is 0 Å². The fraction of sp³-hybridized carbons (Fsp3) is 0.857. The molecule has 0 bridgehead atoms. The molecule has 0 aromatic rings. The Kier molecular flexibility index (Phi) is 5.39. The van der Waals surface area contributed by atoms with E-state index in [0.717, 1.165) is 6.54 Å². The minimum atomic E-state index is -0.832. The van der Waals surface area contributed by atoms with E-state index in [1.54, 1.807) is 11.8 Å². The predicted octanol–water partition coefficient (Wildman–Crippen LogP) is 1.08. The summed E-state index contributed by atoms with van der Waals surface area (Å²) in [6, 6.07) is -0.0929. The van der Waals surface area contributed by atoms with Crippen molar-refractivity contribution in [3.63, 3.8) is 0 Å². The summed E-state index contributed by atoms with van der Waals surface area (Å²) >= 11 is 0. The third-order valence-electron chi connectivity index (χ3n) is 3.95. The van der Waals surface area contributed by atoms with Gasteiger partial charge in [-0.1, -0.05) is 13.8 Å². The lowest BCUT2D eigenvalue weighted by Crippen LogP contribution is -2.50. The summed E-state index contributed by atoms with van der Waals surface area (Å²) in [5, 5.41) is 12.2. The first-order valence-corrected chi connectivity index (χ1v) is 7.09. The highest BCUT2D eigenvalue weighted by Gasteiger charge is 2.42. The van der Waals surface area contributed by atoms with Gasteiger partial charge in [0.1, 0.15) is 0 Å². The Morgan fingerprint density at radius 2 is 2.00 bits per heavy atom. The van der Waals surface area contributed by atoms with Crippen LogP contribution < -0.4 is 5.32 Å². The molecule has 1 rings (SSSR count).